The summed E-state index contributed by atoms with van der Waals surface area (Å²) in [5.74, 6) is 0.0377. The van der Waals surface area contributed by atoms with E-state index in [1.165, 1.54) is 0 Å². The van der Waals surface area contributed by atoms with Gasteiger partial charge < -0.3 is 5.73 Å². The fourth-order valence-electron chi connectivity index (χ4n) is 1.74. The highest BCUT2D eigenvalue weighted by Gasteiger charge is 2.18. The number of Topliss-reactive ketones (excluding diaryl/α,β-unsaturated/α-hetero) is 1. The van der Waals surface area contributed by atoms with Crippen molar-refractivity contribution < 1.29 is 4.79 Å². The Morgan fingerprint density at radius 3 is 2.76 bits per heavy atom. The van der Waals surface area contributed by atoms with E-state index in [0.29, 0.717) is 12.0 Å². The maximum absolute atomic E-state index is 12.0. The van der Waals surface area contributed by atoms with Gasteiger partial charge in [0.05, 0.1) is 5.52 Å². The first-order valence-corrected chi connectivity index (χ1v) is 5.63. The molecule has 0 saturated carbocycles. The Balaban J connectivity index is 2.33. The summed E-state index contributed by atoms with van der Waals surface area (Å²) in [6.45, 7) is 3.69. The summed E-state index contributed by atoms with van der Waals surface area (Å²) in [5.41, 5.74) is 6.89. The van der Waals surface area contributed by atoms with E-state index in [-0.39, 0.29) is 5.78 Å². The Bertz CT molecular complexity index is 555. The Labute approximate surface area is 101 Å². The lowest BCUT2D eigenvalue weighted by atomic mass is 9.95. The van der Waals surface area contributed by atoms with Crippen molar-refractivity contribution in [2.45, 2.75) is 25.8 Å². The normalized spacial score (nSPS) is 11.7. The van der Waals surface area contributed by atoms with Crippen molar-refractivity contribution in [1.82, 2.24) is 4.98 Å². The van der Waals surface area contributed by atoms with Crippen LogP contribution in [0.2, 0.25) is 0 Å². The fraction of sp³-hybridized carbons (Fsp3) is 0.286. The van der Waals surface area contributed by atoms with Crippen molar-refractivity contribution in [2.75, 3.05) is 0 Å². The summed E-state index contributed by atoms with van der Waals surface area (Å²) in [6, 6.07) is 9.62. The van der Waals surface area contributed by atoms with Crippen LogP contribution in [-0.4, -0.2) is 16.3 Å². The molecule has 1 heterocycles. The van der Waals surface area contributed by atoms with Crippen LogP contribution in [0.3, 0.4) is 0 Å². The van der Waals surface area contributed by atoms with E-state index < -0.39 is 5.54 Å². The average Bonchev–Trinajstić information content (AvgIpc) is 2.26. The van der Waals surface area contributed by atoms with E-state index >= 15 is 0 Å². The van der Waals surface area contributed by atoms with Gasteiger partial charge in [-0.2, -0.15) is 0 Å². The van der Waals surface area contributed by atoms with Crippen LogP contribution in [0.1, 0.15) is 30.6 Å². The van der Waals surface area contributed by atoms with E-state index in [1.807, 2.05) is 44.2 Å². The zero-order valence-electron chi connectivity index (χ0n) is 10.1. The van der Waals surface area contributed by atoms with Crippen LogP contribution in [0.15, 0.2) is 36.5 Å². The van der Waals surface area contributed by atoms with Gasteiger partial charge in [0, 0.05) is 29.1 Å². The molecule has 2 aromatic rings. The molecule has 0 unspecified atom stereocenters. The Morgan fingerprint density at radius 1 is 1.35 bits per heavy atom. The van der Waals surface area contributed by atoms with Crippen molar-refractivity contribution in [1.29, 1.82) is 0 Å². The second-order valence-corrected chi connectivity index (χ2v) is 5.01. The number of carbonyl (C=O) groups excluding carboxylic acids is 1. The number of para-hydroxylation sites is 1. The number of fused-ring (bicyclic) bond motifs is 1. The number of nitrogens with zero attached hydrogens (tertiary/aromatic N) is 1. The molecular weight excluding hydrogens is 212 g/mol. The third-order valence-corrected chi connectivity index (χ3v) is 2.53. The van der Waals surface area contributed by atoms with E-state index in [2.05, 4.69) is 4.98 Å². The highest BCUT2D eigenvalue weighted by Crippen LogP contribution is 2.16. The van der Waals surface area contributed by atoms with Gasteiger partial charge in [0.1, 0.15) is 0 Å². The van der Waals surface area contributed by atoms with Gasteiger partial charge in [-0.05, 0) is 26.0 Å². The van der Waals surface area contributed by atoms with Gasteiger partial charge in [0.25, 0.3) is 0 Å². The molecule has 0 spiro atoms. The minimum Gasteiger partial charge on any atom is -0.325 e. The first-order valence-electron chi connectivity index (χ1n) is 5.63. The van der Waals surface area contributed by atoms with E-state index in [1.54, 1.807) is 6.20 Å². The quantitative estimate of drug-likeness (QED) is 0.821. The van der Waals surface area contributed by atoms with Gasteiger partial charge in [-0.1, -0.05) is 18.2 Å². The Hall–Kier alpha value is -1.74. The maximum atomic E-state index is 12.0. The minimum atomic E-state index is -0.483. The van der Waals surface area contributed by atoms with Crippen molar-refractivity contribution in [2.24, 2.45) is 5.73 Å². The van der Waals surface area contributed by atoms with Gasteiger partial charge in [-0.15, -0.1) is 0 Å². The van der Waals surface area contributed by atoms with E-state index in [4.69, 9.17) is 5.73 Å². The molecule has 0 aliphatic rings. The van der Waals surface area contributed by atoms with Crippen molar-refractivity contribution in [3.8, 4) is 0 Å². The number of rotatable bonds is 3. The predicted molar refractivity (Wildman–Crippen MR) is 69.0 cm³/mol. The number of pyridine rings is 1. The third-order valence-electron chi connectivity index (χ3n) is 2.53. The van der Waals surface area contributed by atoms with Crippen molar-refractivity contribution in [3.63, 3.8) is 0 Å². The first-order chi connectivity index (χ1) is 7.96. The Kier molecular flexibility index (Phi) is 2.94. The second kappa shape index (κ2) is 4.26. The highest BCUT2D eigenvalue weighted by atomic mass is 16.1. The molecule has 0 radical (unpaired) electrons. The molecule has 0 aliphatic heterocycles. The van der Waals surface area contributed by atoms with Crippen LogP contribution in [0.4, 0.5) is 0 Å². The first kappa shape index (κ1) is 11.7. The molecule has 3 heteroatoms. The summed E-state index contributed by atoms with van der Waals surface area (Å²) in [7, 11) is 0. The zero-order chi connectivity index (χ0) is 12.5. The lowest BCUT2D eigenvalue weighted by Crippen LogP contribution is -2.34. The minimum absolute atomic E-state index is 0.0377. The van der Waals surface area contributed by atoms with Crippen LogP contribution in [0.25, 0.3) is 10.9 Å². The lowest BCUT2D eigenvalue weighted by molar-refractivity contribution is 0.0960. The number of aromatic nitrogens is 1. The zero-order valence-corrected chi connectivity index (χ0v) is 10.1. The lowest BCUT2D eigenvalue weighted by Gasteiger charge is -2.16. The molecule has 3 nitrogen and oxygen atoms in total. The van der Waals surface area contributed by atoms with Crippen LogP contribution < -0.4 is 5.73 Å². The molecule has 1 aromatic heterocycles. The molecule has 0 bridgehead atoms. The van der Waals surface area contributed by atoms with Crippen molar-refractivity contribution >= 4 is 16.7 Å². The molecule has 88 valence electrons. The largest absolute Gasteiger partial charge is 0.325 e. The number of hydrogen-bond donors (Lipinski definition) is 1. The molecule has 17 heavy (non-hydrogen) atoms. The van der Waals surface area contributed by atoms with E-state index in [9.17, 15) is 4.79 Å². The number of benzene rings is 1. The molecule has 0 aliphatic carbocycles. The smallest absolute Gasteiger partial charge is 0.166 e. The van der Waals surface area contributed by atoms with Crippen LogP contribution in [0.5, 0.6) is 0 Å². The summed E-state index contributed by atoms with van der Waals surface area (Å²) in [4.78, 5) is 16.3. The molecule has 0 fully saturated rings. The second-order valence-electron chi connectivity index (χ2n) is 5.01. The Morgan fingerprint density at radius 2 is 2.06 bits per heavy atom. The predicted octanol–water partition coefficient (Wildman–Crippen LogP) is 2.54. The van der Waals surface area contributed by atoms with E-state index in [0.717, 1.165) is 10.9 Å². The summed E-state index contributed by atoms with van der Waals surface area (Å²) in [5, 5.41) is 0.980. The molecule has 0 saturated heterocycles. The summed E-state index contributed by atoms with van der Waals surface area (Å²) in [6.07, 6.45) is 1.95. The third kappa shape index (κ3) is 2.88. The molecule has 1 aromatic carbocycles. The molecule has 0 atom stereocenters. The molecular formula is C14H16N2O. The van der Waals surface area contributed by atoms with Crippen LogP contribution in [0, 0.1) is 0 Å². The highest BCUT2D eigenvalue weighted by molar-refractivity contribution is 5.99. The molecule has 0 amide bonds. The summed E-state index contributed by atoms with van der Waals surface area (Å²) < 4.78 is 0. The number of ketones is 1. The summed E-state index contributed by atoms with van der Waals surface area (Å²) >= 11 is 0. The van der Waals surface area contributed by atoms with Gasteiger partial charge >= 0.3 is 0 Å². The number of hydrogen-bond acceptors (Lipinski definition) is 3. The maximum Gasteiger partial charge on any atom is 0.166 e. The fourth-order valence-corrected chi connectivity index (χ4v) is 1.74. The monoisotopic (exact) mass is 228 g/mol. The molecule has 2 rings (SSSR count). The number of nitrogens with two attached hydrogens (primary N) is 1. The molecule has 2 N–H and O–H groups in total. The average molecular weight is 228 g/mol. The van der Waals surface area contributed by atoms with Gasteiger partial charge in [0.2, 0.25) is 0 Å². The topological polar surface area (TPSA) is 56.0 Å². The van der Waals surface area contributed by atoms with Crippen LogP contribution >= 0.6 is 0 Å². The van der Waals surface area contributed by atoms with Gasteiger partial charge in [0.15, 0.2) is 5.78 Å². The standard InChI is InChI=1S/C14H16N2O/c1-14(2,15)8-13(17)11-7-10-5-3-4-6-12(10)16-9-11/h3-7,9H,8,15H2,1-2H3. The van der Waals surface area contributed by atoms with Crippen LogP contribution in [-0.2, 0) is 0 Å². The van der Waals surface area contributed by atoms with Crippen molar-refractivity contribution in [3.05, 3.63) is 42.1 Å². The SMILES string of the molecule is CC(C)(N)CC(=O)c1cnc2ccccc2c1. The number of carbonyl (C=O) groups is 1. The van der Waals surface area contributed by atoms with Gasteiger partial charge in [-0.3, -0.25) is 9.78 Å². The van der Waals surface area contributed by atoms with Gasteiger partial charge in [-0.25, -0.2) is 0 Å².